The van der Waals surface area contributed by atoms with E-state index >= 15 is 0 Å². The first kappa shape index (κ1) is 17.6. The fourth-order valence-corrected chi connectivity index (χ4v) is 3.68. The minimum Gasteiger partial charge on any atom is -0.465 e. The van der Waals surface area contributed by atoms with E-state index in [4.69, 9.17) is 9.47 Å². The molecule has 3 atom stereocenters. The van der Waals surface area contributed by atoms with Crippen LogP contribution in [0.1, 0.15) is 40.0 Å². The molecule has 1 saturated carbocycles. The lowest BCUT2D eigenvalue weighted by Crippen LogP contribution is -2.37. The molecule has 1 heterocycles. The Morgan fingerprint density at radius 3 is 2.84 bits per heavy atom. The average molecular weight is 342 g/mol. The van der Waals surface area contributed by atoms with E-state index in [1.165, 1.54) is 12.7 Å². The van der Waals surface area contributed by atoms with Crippen LogP contribution in [0.4, 0.5) is 0 Å². The lowest BCUT2D eigenvalue weighted by Gasteiger charge is -2.36. The molecule has 25 heavy (non-hydrogen) atoms. The molecule has 3 rings (SSSR count). The molecule has 1 aromatic carbocycles. The molecule has 0 N–H and O–H groups in total. The lowest BCUT2D eigenvalue weighted by molar-refractivity contribution is -0.158. The van der Waals surface area contributed by atoms with Gasteiger partial charge in [0.25, 0.3) is 0 Å². The first-order valence-corrected chi connectivity index (χ1v) is 9.06. The summed E-state index contributed by atoms with van der Waals surface area (Å²) in [6, 6.07) is 7.57. The zero-order chi connectivity index (χ0) is 17.8. The number of rotatable bonds is 5. The summed E-state index contributed by atoms with van der Waals surface area (Å²) in [5.41, 5.74) is 0.793. The van der Waals surface area contributed by atoms with Gasteiger partial charge in [-0.2, -0.15) is 0 Å². The fourth-order valence-electron chi connectivity index (χ4n) is 3.68. The third kappa shape index (κ3) is 4.27. The van der Waals surface area contributed by atoms with Gasteiger partial charge in [0.2, 0.25) is 5.88 Å². The van der Waals surface area contributed by atoms with E-state index in [1.807, 2.05) is 24.3 Å². The molecule has 1 aliphatic rings. The normalized spacial score (nSPS) is 23.6. The molecule has 0 saturated heterocycles. The third-order valence-corrected chi connectivity index (χ3v) is 5.08. The Morgan fingerprint density at radius 1 is 1.24 bits per heavy atom. The number of carbonyl (C=O) groups is 1. The topological polar surface area (TPSA) is 61.3 Å². The van der Waals surface area contributed by atoms with E-state index < -0.39 is 0 Å². The summed E-state index contributed by atoms with van der Waals surface area (Å²) in [7, 11) is 0. The van der Waals surface area contributed by atoms with Gasteiger partial charge in [-0.1, -0.05) is 39.3 Å². The zero-order valence-corrected chi connectivity index (χ0v) is 15.1. The van der Waals surface area contributed by atoms with Crippen LogP contribution in [0.3, 0.4) is 0 Å². The summed E-state index contributed by atoms with van der Waals surface area (Å²) >= 11 is 0. The number of benzene rings is 1. The molecule has 1 fully saturated rings. The molecule has 0 amide bonds. The molecule has 0 bridgehead atoms. The SMILES string of the molecule is CC(C)[C@H]1CC[C@@H](C)C[C@@H]1OC(=O)COc1ncnc2ccccc12. The molecule has 0 spiro atoms. The number of fused-ring (bicyclic) bond motifs is 1. The van der Waals surface area contributed by atoms with Gasteiger partial charge in [-0.05, 0) is 42.7 Å². The third-order valence-electron chi connectivity index (χ3n) is 5.08. The second kappa shape index (κ2) is 7.81. The van der Waals surface area contributed by atoms with Gasteiger partial charge >= 0.3 is 5.97 Å². The van der Waals surface area contributed by atoms with E-state index in [9.17, 15) is 4.79 Å². The largest absolute Gasteiger partial charge is 0.465 e. The molecule has 1 aliphatic carbocycles. The van der Waals surface area contributed by atoms with Gasteiger partial charge in [-0.25, -0.2) is 14.8 Å². The smallest absolute Gasteiger partial charge is 0.344 e. The highest BCUT2D eigenvalue weighted by molar-refractivity contribution is 5.83. The number of para-hydroxylation sites is 1. The van der Waals surface area contributed by atoms with Crippen LogP contribution >= 0.6 is 0 Å². The van der Waals surface area contributed by atoms with Crippen molar-refractivity contribution >= 4 is 16.9 Å². The Labute approximate surface area is 148 Å². The second-order valence-corrected chi connectivity index (χ2v) is 7.34. The van der Waals surface area contributed by atoms with Gasteiger partial charge in [-0.3, -0.25) is 0 Å². The van der Waals surface area contributed by atoms with Crippen molar-refractivity contribution in [2.75, 3.05) is 6.61 Å². The van der Waals surface area contributed by atoms with Crippen molar-refractivity contribution in [3.8, 4) is 5.88 Å². The van der Waals surface area contributed by atoms with Gasteiger partial charge in [0.15, 0.2) is 6.61 Å². The van der Waals surface area contributed by atoms with Crippen LogP contribution in [0, 0.1) is 17.8 Å². The summed E-state index contributed by atoms with van der Waals surface area (Å²) in [5.74, 6) is 1.63. The zero-order valence-electron chi connectivity index (χ0n) is 15.1. The number of carbonyl (C=O) groups excluding carboxylic acids is 1. The van der Waals surface area contributed by atoms with Gasteiger partial charge in [0, 0.05) is 0 Å². The summed E-state index contributed by atoms with van der Waals surface area (Å²) in [5, 5.41) is 0.796. The maximum absolute atomic E-state index is 12.3. The number of hydrogen-bond donors (Lipinski definition) is 0. The first-order chi connectivity index (χ1) is 12.0. The predicted octanol–water partition coefficient (Wildman–Crippen LogP) is 4.01. The van der Waals surface area contributed by atoms with Crippen molar-refractivity contribution in [3.05, 3.63) is 30.6 Å². The van der Waals surface area contributed by atoms with Crippen LogP contribution < -0.4 is 4.74 Å². The van der Waals surface area contributed by atoms with Crippen LogP contribution in [0.15, 0.2) is 30.6 Å². The Hall–Kier alpha value is -2.17. The van der Waals surface area contributed by atoms with Crippen LogP contribution in [0.5, 0.6) is 5.88 Å². The fraction of sp³-hybridized carbons (Fsp3) is 0.550. The van der Waals surface area contributed by atoms with Crippen LogP contribution in [0.25, 0.3) is 10.9 Å². The predicted molar refractivity (Wildman–Crippen MR) is 96.3 cm³/mol. The Bertz CT molecular complexity index is 726. The molecule has 0 aliphatic heterocycles. The molecule has 2 aromatic rings. The van der Waals surface area contributed by atoms with Gasteiger partial charge < -0.3 is 9.47 Å². The highest BCUT2D eigenvalue weighted by Crippen LogP contribution is 2.35. The maximum Gasteiger partial charge on any atom is 0.344 e. The van der Waals surface area contributed by atoms with Crippen molar-refractivity contribution in [2.24, 2.45) is 17.8 Å². The Balaban J connectivity index is 1.62. The van der Waals surface area contributed by atoms with Crippen molar-refractivity contribution in [1.82, 2.24) is 9.97 Å². The molecule has 5 heteroatoms. The average Bonchev–Trinajstić information content (AvgIpc) is 2.59. The first-order valence-electron chi connectivity index (χ1n) is 9.06. The number of esters is 1. The maximum atomic E-state index is 12.3. The van der Waals surface area contributed by atoms with Crippen LogP contribution in [-0.4, -0.2) is 28.6 Å². The molecule has 5 nitrogen and oxygen atoms in total. The van der Waals surface area contributed by atoms with Crippen LogP contribution in [-0.2, 0) is 9.53 Å². The summed E-state index contributed by atoms with van der Waals surface area (Å²) in [4.78, 5) is 20.6. The van der Waals surface area contributed by atoms with Gasteiger partial charge in [0.05, 0.1) is 10.9 Å². The minimum atomic E-state index is -0.326. The van der Waals surface area contributed by atoms with Gasteiger partial charge in [0.1, 0.15) is 12.4 Å². The number of nitrogens with zero attached hydrogens (tertiary/aromatic N) is 2. The lowest BCUT2D eigenvalue weighted by atomic mass is 9.75. The number of ether oxygens (including phenoxy) is 2. The summed E-state index contributed by atoms with van der Waals surface area (Å²) in [6.45, 7) is 6.49. The van der Waals surface area contributed by atoms with Crippen molar-refractivity contribution in [3.63, 3.8) is 0 Å². The molecule has 0 radical (unpaired) electrons. The highest BCUT2D eigenvalue weighted by Gasteiger charge is 2.33. The Kier molecular flexibility index (Phi) is 5.51. The van der Waals surface area contributed by atoms with E-state index in [2.05, 4.69) is 30.7 Å². The molecule has 1 aromatic heterocycles. The van der Waals surface area contributed by atoms with Crippen molar-refractivity contribution in [1.29, 1.82) is 0 Å². The van der Waals surface area contributed by atoms with E-state index in [0.29, 0.717) is 23.6 Å². The van der Waals surface area contributed by atoms with Crippen molar-refractivity contribution < 1.29 is 14.3 Å². The summed E-state index contributed by atoms with van der Waals surface area (Å²) in [6.07, 6.45) is 4.70. The standard InChI is InChI=1S/C20H26N2O3/c1-13(2)15-9-8-14(3)10-18(15)25-19(23)11-24-20-16-6-4-5-7-17(16)21-12-22-20/h4-7,12-15,18H,8-11H2,1-3H3/t14-,15-,18+/m1/s1. The minimum absolute atomic E-state index is 0.0120. The molecular formula is C20H26N2O3. The van der Waals surface area contributed by atoms with E-state index in [1.54, 1.807) is 0 Å². The molecule has 134 valence electrons. The number of hydrogen-bond acceptors (Lipinski definition) is 5. The monoisotopic (exact) mass is 342 g/mol. The Morgan fingerprint density at radius 2 is 2.04 bits per heavy atom. The highest BCUT2D eigenvalue weighted by atomic mass is 16.6. The summed E-state index contributed by atoms with van der Waals surface area (Å²) < 4.78 is 11.4. The number of aromatic nitrogens is 2. The van der Waals surface area contributed by atoms with Crippen molar-refractivity contribution in [2.45, 2.75) is 46.1 Å². The quantitative estimate of drug-likeness (QED) is 0.768. The molecule has 0 unspecified atom stereocenters. The second-order valence-electron chi connectivity index (χ2n) is 7.34. The van der Waals surface area contributed by atoms with E-state index in [0.717, 1.165) is 23.7 Å². The van der Waals surface area contributed by atoms with Crippen LogP contribution in [0.2, 0.25) is 0 Å². The van der Waals surface area contributed by atoms with Gasteiger partial charge in [-0.15, -0.1) is 0 Å². The van der Waals surface area contributed by atoms with E-state index in [-0.39, 0.29) is 18.7 Å². The molecular weight excluding hydrogens is 316 g/mol.